The van der Waals surface area contributed by atoms with Gasteiger partial charge in [0, 0.05) is 39.1 Å². The van der Waals surface area contributed by atoms with E-state index in [1.807, 2.05) is 30.3 Å². The topological polar surface area (TPSA) is 15.3 Å². The predicted octanol–water partition coefficient (Wildman–Crippen LogP) is 1.86. The summed E-state index contributed by atoms with van der Waals surface area (Å²) in [6.45, 7) is 6.09. The Morgan fingerprint density at radius 3 is 2.53 bits per heavy atom. The molecule has 0 amide bonds. The molecule has 1 saturated heterocycles. The molecule has 0 saturated carbocycles. The summed E-state index contributed by atoms with van der Waals surface area (Å²) in [5, 5.41) is 3.29. The van der Waals surface area contributed by atoms with Crippen LogP contribution in [0.5, 0.6) is 0 Å². The molecule has 0 bridgehead atoms. The van der Waals surface area contributed by atoms with Crippen LogP contribution in [0.15, 0.2) is 30.3 Å². The van der Waals surface area contributed by atoms with Crippen LogP contribution in [0.25, 0.3) is 0 Å². The first-order valence-corrected chi connectivity index (χ1v) is 6.32. The predicted molar refractivity (Wildman–Crippen MR) is 69.0 cm³/mol. The quantitative estimate of drug-likeness (QED) is 0.858. The third-order valence-corrected chi connectivity index (χ3v) is 3.18. The Morgan fingerprint density at radius 1 is 1.24 bits per heavy atom. The molecule has 1 atom stereocenters. The van der Waals surface area contributed by atoms with Crippen LogP contribution in [0, 0.1) is 0 Å². The van der Waals surface area contributed by atoms with Crippen molar-refractivity contribution in [2.75, 3.05) is 32.7 Å². The fraction of sp³-hybridized carbons (Fsp3) is 0.571. The van der Waals surface area contributed by atoms with Gasteiger partial charge < -0.3 is 5.32 Å². The van der Waals surface area contributed by atoms with Crippen LogP contribution in [0.4, 0.5) is 4.39 Å². The van der Waals surface area contributed by atoms with E-state index in [1.54, 1.807) is 6.92 Å². The summed E-state index contributed by atoms with van der Waals surface area (Å²) < 4.78 is 14.5. The van der Waals surface area contributed by atoms with Gasteiger partial charge in [-0.1, -0.05) is 30.3 Å². The van der Waals surface area contributed by atoms with Gasteiger partial charge in [0.05, 0.1) is 0 Å². The maximum absolute atomic E-state index is 14.5. The van der Waals surface area contributed by atoms with Crippen LogP contribution in [0.1, 0.15) is 12.5 Å². The zero-order valence-electron chi connectivity index (χ0n) is 10.5. The number of nitrogens with one attached hydrogen (secondary N) is 1. The van der Waals surface area contributed by atoms with Gasteiger partial charge in [0.15, 0.2) is 0 Å². The number of hydrogen-bond donors (Lipinski definition) is 1. The lowest BCUT2D eigenvalue weighted by atomic mass is 9.97. The Morgan fingerprint density at radius 2 is 1.88 bits per heavy atom. The standard InChI is InChI=1S/C14H21FN2/c1-14(15,11-13-5-3-2-4-6-13)12-17-9-7-16-8-10-17/h2-6,16H,7-12H2,1H3. The fourth-order valence-electron chi connectivity index (χ4n) is 2.41. The summed E-state index contributed by atoms with van der Waals surface area (Å²) in [5.41, 5.74) is -0.0637. The van der Waals surface area contributed by atoms with Crippen molar-refractivity contribution in [2.24, 2.45) is 0 Å². The molecule has 1 unspecified atom stereocenters. The minimum Gasteiger partial charge on any atom is -0.314 e. The SMILES string of the molecule is CC(F)(Cc1ccccc1)CN1CCNCC1. The van der Waals surface area contributed by atoms with Crippen molar-refractivity contribution in [3.05, 3.63) is 35.9 Å². The fourth-order valence-corrected chi connectivity index (χ4v) is 2.41. The number of rotatable bonds is 4. The summed E-state index contributed by atoms with van der Waals surface area (Å²) in [6, 6.07) is 9.90. The highest BCUT2D eigenvalue weighted by Gasteiger charge is 2.27. The normalized spacial score (nSPS) is 21.1. The largest absolute Gasteiger partial charge is 0.314 e. The molecule has 3 heteroatoms. The Kier molecular flexibility index (Phi) is 4.13. The maximum Gasteiger partial charge on any atom is 0.124 e. The van der Waals surface area contributed by atoms with E-state index in [0.29, 0.717) is 13.0 Å². The molecule has 0 spiro atoms. The molecule has 2 nitrogen and oxygen atoms in total. The minimum absolute atomic E-state index is 0.498. The van der Waals surface area contributed by atoms with Crippen molar-refractivity contribution >= 4 is 0 Å². The molecule has 1 aromatic rings. The van der Waals surface area contributed by atoms with E-state index in [-0.39, 0.29) is 0 Å². The van der Waals surface area contributed by atoms with Gasteiger partial charge in [-0.05, 0) is 12.5 Å². The molecule has 94 valence electrons. The zero-order valence-corrected chi connectivity index (χ0v) is 10.5. The van der Waals surface area contributed by atoms with E-state index in [9.17, 15) is 4.39 Å². The number of piperazine rings is 1. The van der Waals surface area contributed by atoms with Crippen molar-refractivity contribution in [1.29, 1.82) is 0 Å². The van der Waals surface area contributed by atoms with E-state index < -0.39 is 5.67 Å². The first kappa shape index (κ1) is 12.5. The molecule has 1 aromatic carbocycles. The number of halogens is 1. The first-order valence-electron chi connectivity index (χ1n) is 6.32. The van der Waals surface area contributed by atoms with E-state index >= 15 is 0 Å². The molecule has 2 rings (SSSR count). The zero-order chi connectivity index (χ0) is 12.1. The molecular formula is C14H21FN2. The Hall–Kier alpha value is -0.930. The van der Waals surface area contributed by atoms with Crippen LogP contribution in [0.3, 0.4) is 0 Å². The third kappa shape index (κ3) is 4.10. The van der Waals surface area contributed by atoms with Gasteiger partial charge in [-0.25, -0.2) is 4.39 Å². The molecule has 0 radical (unpaired) electrons. The lowest BCUT2D eigenvalue weighted by molar-refractivity contribution is 0.100. The average molecular weight is 236 g/mol. The lowest BCUT2D eigenvalue weighted by Crippen LogP contribution is -2.48. The molecule has 1 aliphatic rings. The smallest absolute Gasteiger partial charge is 0.124 e. The van der Waals surface area contributed by atoms with Gasteiger partial charge in [0.2, 0.25) is 0 Å². The molecule has 1 heterocycles. The Bertz CT molecular complexity index is 331. The summed E-state index contributed by atoms with van der Waals surface area (Å²) >= 11 is 0. The molecule has 17 heavy (non-hydrogen) atoms. The van der Waals surface area contributed by atoms with E-state index in [2.05, 4.69) is 10.2 Å². The van der Waals surface area contributed by atoms with Gasteiger partial charge in [0.1, 0.15) is 5.67 Å². The second-order valence-corrected chi connectivity index (χ2v) is 5.10. The second kappa shape index (κ2) is 5.61. The molecular weight excluding hydrogens is 215 g/mol. The highest BCUT2D eigenvalue weighted by atomic mass is 19.1. The molecule has 1 N–H and O–H groups in total. The Labute approximate surface area is 103 Å². The van der Waals surface area contributed by atoms with Crippen molar-refractivity contribution < 1.29 is 4.39 Å². The second-order valence-electron chi connectivity index (χ2n) is 5.10. The van der Waals surface area contributed by atoms with Crippen LogP contribution < -0.4 is 5.32 Å². The highest BCUT2D eigenvalue weighted by molar-refractivity contribution is 5.17. The molecule has 1 aliphatic heterocycles. The number of hydrogen-bond acceptors (Lipinski definition) is 2. The van der Waals surface area contributed by atoms with Gasteiger partial charge in [-0.15, -0.1) is 0 Å². The number of benzene rings is 1. The number of alkyl halides is 1. The van der Waals surface area contributed by atoms with E-state index in [4.69, 9.17) is 0 Å². The lowest BCUT2D eigenvalue weighted by Gasteiger charge is -2.32. The van der Waals surface area contributed by atoms with Gasteiger partial charge in [0.25, 0.3) is 0 Å². The van der Waals surface area contributed by atoms with Crippen LogP contribution >= 0.6 is 0 Å². The van der Waals surface area contributed by atoms with Crippen LogP contribution in [0.2, 0.25) is 0 Å². The van der Waals surface area contributed by atoms with Gasteiger partial charge in [-0.3, -0.25) is 4.90 Å². The van der Waals surface area contributed by atoms with E-state index in [0.717, 1.165) is 31.7 Å². The van der Waals surface area contributed by atoms with Gasteiger partial charge in [-0.2, -0.15) is 0 Å². The molecule has 0 aromatic heterocycles. The maximum atomic E-state index is 14.5. The summed E-state index contributed by atoms with van der Waals surface area (Å²) in [4.78, 5) is 2.21. The minimum atomic E-state index is -1.14. The van der Waals surface area contributed by atoms with Crippen LogP contribution in [-0.4, -0.2) is 43.3 Å². The summed E-state index contributed by atoms with van der Waals surface area (Å²) in [5.74, 6) is 0. The van der Waals surface area contributed by atoms with Crippen molar-refractivity contribution in [2.45, 2.75) is 19.0 Å². The van der Waals surface area contributed by atoms with Crippen molar-refractivity contribution in [1.82, 2.24) is 10.2 Å². The summed E-state index contributed by atoms with van der Waals surface area (Å²) in [7, 11) is 0. The van der Waals surface area contributed by atoms with Crippen LogP contribution in [-0.2, 0) is 6.42 Å². The molecule has 1 fully saturated rings. The third-order valence-electron chi connectivity index (χ3n) is 3.18. The average Bonchev–Trinajstić information content (AvgIpc) is 2.30. The van der Waals surface area contributed by atoms with Gasteiger partial charge >= 0.3 is 0 Å². The van der Waals surface area contributed by atoms with Crippen molar-refractivity contribution in [3.63, 3.8) is 0 Å². The summed E-state index contributed by atoms with van der Waals surface area (Å²) in [6.07, 6.45) is 0.498. The van der Waals surface area contributed by atoms with E-state index in [1.165, 1.54) is 0 Å². The monoisotopic (exact) mass is 236 g/mol. The first-order chi connectivity index (χ1) is 8.16. The van der Waals surface area contributed by atoms with Crippen molar-refractivity contribution in [3.8, 4) is 0 Å². The highest BCUT2D eigenvalue weighted by Crippen LogP contribution is 2.19. The molecule has 0 aliphatic carbocycles. The number of nitrogens with zero attached hydrogens (tertiary/aromatic N) is 1. The Balaban J connectivity index is 1.89.